The Balaban J connectivity index is 1.78. The molecule has 0 fully saturated rings. The lowest BCUT2D eigenvalue weighted by atomic mass is 10.1. The average Bonchev–Trinajstić information content (AvgIpc) is 2.77. The van der Waals surface area contributed by atoms with Crippen molar-refractivity contribution in [3.05, 3.63) is 95.6 Å². The lowest BCUT2D eigenvalue weighted by Crippen LogP contribution is -2.29. The van der Waals surface area contributed by atoms with Crippen LogP contribution in [0.2, 0.25) is 0 Å². The Labute approximate surface area is 183 Å². The van der Waals surface area contributed by atoms with Crippen LogP contribution in [0.1, 0.15) is 21.5 Å². The number of nitrogens with zero attached hydrogens (tertiary/aromatic N) is 2. The maximum atomic E-state index is 12.9. The second-order valence-electron chi connectivity index (χ2n) is 7.28. The van der Waals surface area contributed by atoms with Crippen molar-refractivity contribution < 1.29 is 17.9 Å². The normalized spacial score (nSPS) is 11.1. The molecule has 31 heavy (non-hydrogen) atoms. The van der Waals surface area contributed by atoms with Crippen LogP contribution >= 0.6 is 0 Å². The number of ether oxygens (including phenoxy) is 1. The highest BCUT2D eigenvalue weighted by atomic mass is 32.2. The molecular weight excluding hydrogens is 412 g/mol. The number of benzene rings is 3. The molecule has 0 unspecified atom stereocenters. The maximum absolute atomic E-state index is 12.9. The first-order chi connectivity index (χ1) is 14.8. The van der Waals surface area contributed by atoms with Gasteiger partial charge in [-0.15, -0.1) is 0 Å². The van der Waals surface area contributed by atoms with Crippen molar-refractivity contribution in [2.24, 2.45) is 0 Å². The molecule has 0 atom stereocenters. The van der Waals surface area contributed by atoms with Gasteiger partial charge in [-0.25, -0.2) is 8.42 Å². The predicted molar refractivity (Wildman–Crippen MR) is 123 cm³/mol. The Kier molecular flexibility index (Phi) is 6.97. The van der Waals surface area contributed by atoms with Gasteiger partial charge in [-0.3, -0.25) is 9.10 Å². The molecule has 0 saturated carbocycles. The summed E-state index contributed by atoms with van der Waals surface area (Å²) in [6.45, 7) is 0.620. The minimum atomic E-state index is -3.49. The molecule has 0 heterocycles. The Morgan fingerprint density at radius 3 is 2.10 bits per heavy atom. The van der Waals surface area contributed by atoms with Gasteiger partial charge in [-0.05, 0) is 35.9 Å². The van der Waals surface area contributed by atoms with Crippen LogP contribution in [-0.2, 0) is 23.1 Å². The fraction of sp³-hybridized carbons (Fsp3) is 0.208. The molecule has 0 saturated heterocycles. The predicted octanol–water partition coefficient (Wildman–Crippen LogP) is 3.93. The largest absolute Gasteiger partial charge is 0.496 e. The van der Waals surface area contributed by atoms with Crippen LogP contribution in [0.5, 0.6) is 5.75 Å². The van der Waals surface area contributed by atoms with Gasteiger partial charge in [-0.1, -0.05) is 48.5 Å². The monoisotopic (exact) mass is 438 g/mol. The highest BCUT2D eigenvalue weighted by Crippen LogP contribution is 2.23. The zero-order chi connectivity index (χ0) is 22.4. The molecule has 3 aromatic carbocycles. The quantitative estimate of drug-likeness (QED) is 0.534. The van der Waals surface area contributed by atoms with Gasteiger partial charge >= 0.3 is 0 Å². The summed E-state index contributed by atoms with van der Waals surface area (Å²) < 4.78 is 31.4. The van der Waals surface area contributed by atoms with E-state index >= 15 is 0 Å². The highest BCUT2D eigenvalue weighted by Gasteiger charge is 2.19. The lowest BCUT2D eigenvalue weighted by Gasteiger charge is -2.23. The molecule has 0 aliphatic heterocycles. The molecule has 7 heteroatoms. The van der Waals surface area contributed by atoms with E-state index in [1.165, 1.54) is 10.6 Å². The second-order valence-corrected chi connectivity index (χ2v) is 9.18. The van der Waals surface area contributed by atoms with Crippen LogP contribution < -0.4 is 9.04 Å². The summed E-state index contributed by atoms with van der Waals surface area (Å²) in [7, 11) is -0.167. The van der Waals surface area contributed by atoms with E-state index in [4.69, 9.17) is 4.74 Å². The van der Waals surface area contributed by atoms with E-state index in [-0.39, 0.29) is 12.5 Å². The number of hydrogen-bond acceptors (Lipinski definition) is 4. The first kappa shape index (κ1) is 22.4. The molecule has 162 valence electrons. The number of sulfonamides is 1. The summed E-state index contributed by atoms with van der Waals surface area (Å²) in [5.74, 6) is 0.564. The molecule has 1 amide bonds. The standard InChI is InChI=1S/C24H26N2O4S/c1-25(18-21-11-7-8-12-23(21)30-2)24(27)20-13-15-22(16-14-20)26(31(3,28)29)17-19-9-5-4-6-10-19/h4-16H,17-18H2,1-3H3. The zero-order valence-electron chi connectivity index (χ0n) is 17.9. The number of methoxy groups -OCH3 is 1. The molecule has 6 nitrogen and oxygen atoms in total. The van der Waals surface area contributed by atoms with Crippen molar-refractivity contribution in [2.45, 2.75) is 13.1 Å². The van der Waals surface area contributed by atoms with Crippen LogP contribution in [0.3, 0.4) is 0 Å². The lowest BCUT2D eigenvalue weighted by molar-refractivity contribution is 0.0784. The zero-order valence-corrected chi connectivity index (χ0v) is 18.7. The van der Waals surface area contributed by atoms with Crippen molar-refractivity contribution in [3.63, 3.8) is 0 Å². The van der Waals surface area contributed by atoms with Crippen molar-refractivity contribution >= 4 is 21.6 Å². The molecule has 0 radical (unpaired) electrons. The molecular formula is C24H26N2O4S. The van der Waals surface area contributed by atoms with E-state index in [0.717, 1.165) is 16.9 Å². The van der Waals surface area contributed by atoms with E-state index in [1.807, 2.05) is 54.6 Å². The molecule has 0 aliphatic rings. The topological polar surface area (TPSA) is 66.9 Å². The Hall–Kier alpha value is -3.32. The highest BCUT2D eigenvalue weighted by molar-refractivity contribution is 7.92. The first-order valence-corrected chi connectivity index (χ1v) is 11.6. The van der Waals surface area contributed by atoms with Gasteiger partial charge in [0.05, 0.1) is 25.6 Å². The Morgan fingerprint density at radius 2 is 1.48 bits per heavy atom. The molecule has 0 N–H and O–H groups in total. The maximum Gasteiger partial charge on any atom is 0.253 e. The van der Waals surface area contributed by atoms with Gasteiger partial charge < -0.3 is 9.64 Å². The van der Waals surface area contributed by atoms with Gasteiger partial charge in [0.25, 0.3) is 5.91 Å². The summed E-state index contributed by atoms with van der Waals surface area (Å²) in [5, 5.41) is 0. The van der Waals surface area contributed by atoms with Gasteiger partial charge in [0.15, 0.2) is 0 Å². The fourth-order valence-electron chi connectivity index (χ4n) is 3.30. The van der Waals surface area contributed by atoms with E-state index in [0.29, 0.717) is 17.8 Å². The summed E-state index contributed by atoms with van der Waals surface area (Å²) in [4.78, 5) is 14.5. The van der Waals surface area contributed by atoms with Gasteiger partial charge in [-0.2, -0.15) is 0 Å². The molecule has 0 aromatic heterocycles. The van der Waals surface area contributed by atoms with Crippen LogP contribution in [0.25, 0.3) is 0 Å². The van der Waals surface area contributed by atoms with Gasteiger partial charge in [0.1, 0.15) is 5.75 Å². The number of para-hydroxylation sites is 1. The third-order valence-corrected chi connectivity index (χ3v) is 6.06. The SMILES string of the molecule is COc1ccccc1CN(C)C(=O)c1ccc(N(Cc2ccccc2)S(C)(=O)=O)cc1. The summed E-state index contributed by atoms with van der Waals surface area (Å²) in [6, 6.07) is 23.6. The Morgan fingerprint density at radius 1 is 0.871 bits per heavy atom. The molecule has 0 bridgehead atoms. The number of carbonyl (C=O) groups excluding carboxylic acids is 1. The minimum Gasteiger partial charge on any atom is -0.496 e. The van der Waals surface area contributed by atoms with Crippen LogP contribution in [-0.4, -0.2) is 39.6 Å². The number of hydrogen-bond donors (Lipinski definition) is 0. The fourth-order valence-corrected chi connectivity index (χ4v) is 4.19. The number of anilines is 1. The Bertz CT molecular complexity index is 1130. The second kappa shape index (κ2) is 9.66. The van der Waals surface area contributed by atoms with Crippen LogP contribution in [0.15, 0.2) is 78.9 Å². The van der Waals surface area contributed by atoms with E-state index in [1.54, 1.807) is 43.3 Å². The van der Waals surface area contributed by atoms with Crippen molar-refractivity contribution in [2.75, 3.05) is 24.7 Å². The third-order valence-electron chi connectivity index (χ3n) is 4.92. The van der Waals surface area contributed by atoms with Gasteiger partial charge in [0.2, 0.25) is 10.0 Å². The average molecular weight is 439 g/mol. The summed E-state index contributed by atoms with van der Waals surface area (Å²) in [6.07, 6.45) is 1.18. The molecule has 0 spiro atoms. The van der Waals surface area contributed by atoms with Crippen LogP contribution in [0.4, 0.5) is 5.69 Å². The van der Waals surface area contributed by atoms with Crippen LogP contribution in [0, 0.1) is 0 Å². The van der Waals surface area contributed by atoms with E-state index in [2.05, 4.69) is 0 Å². The van der Waals surface area contributed by atoms with Crippen molar-refractivity contribution in [1.82, 2.24) is 4.90 Å². The number of rotatable bonds is 8. The summed E-state index contributed by atoms with van der Waals surface area (Å²) in [5.41, 5.74) is 2.78. The number of carbonyl (C=O) groups is 1. The molecule has 0 aliphatic carbocycles. The van der Waals surface area contributed by atoms with Crippen molar-refractivity contribution in [1.29, 1.82) is 0 Å². The summed E-state index contributed by atoms with van der Waals surface area (Å²) >= 11 is 0. The molecule has 3 aromatic rings. The van der Waals surface area contributed by atoms with Crippen molar-refractivity contribution in [3.8, 4) is 5.75 Å². The molecule has 3 rings (SSSR count). The third kappa shape index (κ3) is 5.64. The van der Waals surface area contributed by atoms with Gasteiger partial charge in [0, 0.05) is 24.7 Å². The first-order valence-electron chi connectivity index (χ1n) is 9.78. The number of amides is 1. The smallest absolute Gasteiger partial charge is 0.253 e. The van der Waals surface area contributed by atoms with E-state index in [9.17, 15) is 13.2 Å². The minimum absolute atomic E-state index is 0.161. The van der Waals surface area contributed by atoms with E-state index < -0.39 is 10.0 Å².